The third-order valence-electron chi connectivity index (χ3n) is 3.51. The highest BCUT2D eigenvalue weighted by Gasteiger charge is 2.19. The summed E-state index contributed by atoms with van der Waals surface area (Å²) in [5.41, 5.74) is 3.50. The number of hydrogen-bond donors (Lipinski definition) is 0. The third-order valence-corrected chi connectivity index (χ3v) is 4.09. The van der Waals surface area contributed by atoms with Gasteiger partial charge in [0.05, 0.1) is 6.61 Å². The van der Waals surface area contributed by atoms with Gasteiger partial charge in [0.25, 0.3) is 0 Å². The van der Waals surface area contributed by atoms with E-state index >= 15 is 0 Å². The van der Waals surface area contributed by atoms with E-state index in [0.29, 0.717) is 5.92 Å². The van der Waals surface area contributed by atoms with Gasteiger partial charge in [-0.3, -0.25) is 0 Å². The van der Waals surface area contributed by atoms with Crippen LogP contribution in [0, 0.1) is 13.8 Å². The lowest BCUT2D eigenvalue weighted by Crippen LogP contribution is -2.06. The largest absolute Gasteiger partial charge is 0.493 e. The molecule has 0 spiro atoms. The smallest absolute Gasteiger partial charge is 0.123 e. The zero-order valence-electron chi connectivity index (χ0n) is 12.6. The Morgan fingerprint density at radius 3 is 2.58 bits per heavy atom. The molecule has 1 rings (SSSR count). The van der Waals surface area contributed by atoms with Gasteiger partial charge in [-0.15, -0.1) is 6.58 Å². The fourth-order valence-corrected chi connectivity index (χ4v) is 2.62. The minimum Gasteiger partial charge on any atom is -0.493 e. The molecular weight excluding hydrogens is 256 g/mol. The molecule has 106 valence electrons. The molecule has 1 aromatic rings. The Hall–Kier alpha value is -0.950. The van der Waals surface area contributed by atoms with Crippen molar-refractivity contribution >= 4 is 11.6 Å². The highest BCUT2D eigenvalue weighted by atomic mass is 35.5. The molecule has 0 aromatic heterocycles. The van der Waals surface area contributed by atoms with Crippen LogP contribution >= 0.6 is 11.6 Å². The molecule has 0 bridgehead atoms. The van der Waals surface area contributed by atoms with E-state index in [9.17, 15) is 0 Å². The van der Waals surface area contributed by atoms with Gasteiger partial charge in [-0.05, 0) is 56.2 Å². The first kappa shape index (κ1) is 16.1. The second-order valence-corrected chi connectivity index (χ2v) is 5.40. The van der Waals surface area contributed by atoms with Crippen molar-refractivity contribution in [3.8, 4) is 5.75 Å². The van der Waals surface area contributed by atoms with E-state index in [1.807, 2.05) is 13.0 Å². The highest BCUT2D eigenvalue weighted by molar-refractivity contribution is 6.32. The lowest BCUT2D eigenvalue weighted by molar-refractivity contribution is 0.311. The van der Waals surface area contributed by atoms with Crippen LogP contribution in [0.15, 0.2) is 18.7 Å². The number of halogens is 1. The molecule has 0 fully saturated rings. The SMILES string of the molecule is C=CCC(CC)c1c(OCCC)cc(C)c(Cl)c1C. The maximum absolute atomic E-state index is 6.41. The average Bonchev–Trinajstić information content (AvgIpc) is 2.41. The van der Waals surface area contributed by atoms with Crippen LogP contribution in [-0.4, -0.2) is 6.61 Å². The molecule has 0 amide bonds. The maximum Gasteiger partial charge on any atom is 0.123 e. The first-order valence-corrected chi connectivity index (χ1v) is 7.47. The minimum atomic E-state index is 0.433. The summed E-state index contributed by atoms with van der Waals surface area (Å²) < 4.78 is 5.94. The Morgan fingerprint density at radius 2 is 2.05 bits per heavy atom. The molecule has 0 saturated heterocycles. The van der Waals surface area contributed by atoms with E-state index in [1.165, 1.54) is 5.56 Å². The summed E-state index contributed by atoms with van der Waals surface area (Å²) in [6.45, 7) is 13.1. The van der Waals surface area contributed by atoms with Gasteiger partial charge in [-0.25, -0.2) is 0 Å². The molecule has 0 aliphatic rings. The van der Waals surface area contributed by atoms with Crippen molar-refractivity contribution in [1.29, 1.82) is 0 Å². The fraction of sp³-hybridized carbons (Fsp3) is 0.529. The van der Waals surface area contributed by atoms with Gasteiger partial charge in [0.15, 0.2) is 0 Å². The number of hydrogen-bond acceptors (Lipinski definition) is 1. The van der Waals surface area contributed by atoms with Gasteiger partial charge in [-0.1, -0.05) is 31.5 Å². The Labute approximate surface area is 122 Å². The standard InChI is InChI=1S/C17H25ClO/c1-6-9-14(8-3)16-13(5)17(18)12(4)11-15(16)19-10-7-2/h6,11,14H,1,7-10H2,2-5H3. The van der Waals surface area contributed by atoms with E-state index in [2.05, 4.69) is 33.4 Å². The monoisotopic (exact) mass is 280 g/mol. The molecule has 0 N–H and O–H groups in total. The summed E-state index contributed by atoms with van der Waals surface area (Å²) in [6.07, 6.45) is 5.01. The van der Waals surface area contributed by atoms with Crippen LogP contribution in [-0.2, 0) is 0 Å². The van der Waals surface area contributed by atoms with Gasteiger partial charge in [0.1, 0.15) is 5.75 Å². The highest BCUT2D eigenvalue weighted by Crippen LogP contribution is 2.39. The average molecular weight is 281 g/mol. The Morgan fingerprint density at radius 1 is 1.37 bits per heavy atom. The minimum absolute atomic E-state index is 0.433. The Bertz CT molecular complexity index is 437. The second-order valence-electron chi connectivity index (χ2n) is 5.02. The summed E-state index contributed by atoms with van der Waals surface area (Å²) in [7, 11) is 0. The molecule has 1 unspecified atom stereocenters. The predicted octanol–water partition coefficient (Wildman–Crippen LogP) is 5.82. The van der Waals surface area contributed by atoms with Crippen molar-refractivity contribution in [2.45, 2.75) is 52.9 Å². The molecule has 19 heavy (non-hydrogen) atoms. The van der Waals surface area contributed by atoms with Gasteiger partial charge >= 0.3 is 0 Å². The zero-order chi connectivity index (χ0) is 14.4. The van der Waals surface area contributed by atoms with Crippen molar-refractivity contribution < 1.29 is 4.74 Å². The number of aryl methyl sites for hydroxylation is 1. The number of ether oxygens (including phenoxy) is 1. The lowest BCUT2D eigenvalue weighted by Gasteiger charge is -2.22. The van der Waals surface area contributed by atoms with E-state index < -0.39 is 0 Å². The summed E-state index contributed by atoms with van der Waals surface area (Å²) in [5, 5.41) is 0.862. The molecule has 1 atom stereocenters. The van der Waals surface area contributed by atoms with E-state index in [0.717, 1.165) is 47.8 Å². The first-order chi connectivity index (χ1) is 9.06. The molecule has 1 nitrogen and oxygen atoms in total. The number of allylic oxidation sites excluding steroid dienone is 1. The van der Waals surface area contributed by atoms with Crippen molar-refractivity contribution in [3.63, 3.8) is 0 Å². The van der Waals surface area contributed by atoms with Gasteiger partial charge in [-0.2, -0.15) is 0 Å². The molecule has 0 aliphatic carbocycles. The van der Waals surface area contributed by atoms with E-state index in [-0.39, 0.29) is 0 Å². The van der Waals surface area contributed by atoms with Crippen molar-refractivity contribution in [3.05, 3.63) is 40.4 Å². The summed E-state index contributed by atoms with van der Waals surface area (Å²) in [4.78, 5) is 0. The van der Waals surface area contributed by atoms with Crippen LogP contribution in [0.5, 0.6) is 5.75 Å². The van der Waals surface area contributed by atoms with Crippen LogP contribution in [0.3, 0.4) is 0 Å². The molecule has 0 radical (unpaired) electrons. The quantitative estimate of drug-likeness (QED) is 0.572. The Balaban J connectivity index is 3.30. The van der Waals surface area contributed by atoms with E-state index in [1.54, 1.807) is 0 Å². The first-order valence-electron chi connectivity index (χ1n) is 7.10. The molecule has 0 saturated carbocycles. The normalized spacial score (nSPS) is 12.3. The van der Waals surface area contributed by atoms with Crippen molar-refractivity contribution in [2.24, 2.45) is 0 Å². The van der Waals surface area contributed by atoms with E-state index in [4.69, 9.17) is 16.3 Å². The van der Waals surface area contributed by atoms with Crippen molar-refractivity contribution in [1.82, 2.24) is 0 Å². The summed E-state index contributed by atoms with van der Waals surface area (Å²) in [6, 6.07) is 2.08. The molecule has 2 heteroatoms. The molecule has 1 aromatic carbocycles. The zero-order valence-corrected chi connectivity index (χ0v) is 13.3. The van der Waals surface area contributed by atoms with Gasteiger partial charge in [0, 0.05) is 10.6 Å². The van der Waals surface area contributed by atoms with Crippen LogP contribution < -0.4 is 4.74 Å². The fourth-order valence-electron chi connectivity index (χ4n) is 2.47. The Kier molecular flexibility index (Phi) is 6.44. The molecule has 0 aliphatic heterocycles. The summed E-state index contributed by atoms with van der Waals surface area (Å²) in [5.74, 6) is 1.43. The van der Waals surface area contributed by atoms with Gasteiger partial charge in [0.2, 0.25) is 0 Å². The molecule has 0 heterocycles. The van der Waals surface area contributed by atoms with Crippen LogP contribution in [0.25, 0.3) is 0 Å². The summed E-state index contributed by atoms with van der Waals surface area (Å²) >= 11 is 6.41. The third kappa shape index (κ3) is 3.76. The van der Waals surface area contributed by atoms with Crippen molar-refractivity contribution in [2.75, 3.05) is 6.61 Å². The van der Waals surface area contributed by atoms with Crippen LogP contribution in [0.4, 0.5) is 0 Å². The van der Waals surface area contributed by atoms with Crippen LogP contribution in [0.1, 0.15) is 55.7 Å². The van der Waals surface area contributed by atoms with Gasteiger partial charge < -0.3 is 4.74 Å². The lowest BCUT2D eigenvalue weighted by atomic mass is 9.88. The number of rotatable bonds is 7. The maximum atomic E-state index is 6.41. The molecular formula is C17H25ClO. The topological polar surface area (TPSA) is 9.23 Å². The second kappa shape index (κ2) is 7.59. The predicted molar refractivity (Wildman–Crippen MR) is 84.6 cm³/mol. The van der Waals surface area contributed by atoms with Crippen LogP contribution in [0.2, 0.25) is 5.02 Å². The number of benzene rings is 1.